The van der Waals surface area contributed by atoms with Gasteiger partial charge in [0.05, 0.1) is 20.3 Å². The molecule has 0 aliphatic carbocycles. The zero-order chi connectivity index (χ0) is 15.7. The predicted molar refractivity (Wildman–Crippen MR) is 79.0 cm³/mol. The van der Waals surface area contributed by atoms with Gasteiger partial charge in [0.2, 0.25) is 0 Å². The minimum atomic E-state index is -0.665. The van der Waals surface area contributed by atoms with Gasteiger partial charge in [-0.15, -0.1) is 0 Å². The molecule has 1 rings (SSSR count). The number of carbonyl (C=O) groups excluding carboxylic acids is 1. The van der Waals surface area contributed by atoms with Crippen molar-refractivity contribution < 1.29 is 19.0 Å². The molecule has 0 saturated heterocycles. The van der Waals surface area contributed by atoms with E-state index in [0.29, 0.717) is 30.3 Å². The molecule has 0 unspecified atom stereocenters. The van der Waals surface area contributed by atoms with Gasteiger partial charge in [0, 0.05) is 0 Å². The summed E-state index contributed by atoms with van der Waals surface area (Å²) >= 11 is 0. The van der Waals surface area contributed by atoms with Crippen LogP contribution < -0.4 is 9.47 Å². The summed E-state index contributed by atoms with van der Waals surface area (Å²) < 4.78 is 15.7. The Balaban J connectivity index is 3.10. The molecule has 5 heteroatoms. The van der Waals surface area contributed by atoms with Gasteiger partial charge in [0.15, 0.2) is 11.5 Å². The zero-order valence-electron chi connectivity index (χ0n) is 12.5. The lowest BCUT2D eigenvalue weighted by atomic mass is 10.1. The minimum absolute atomic E-state index is 0.0674. The SMILES string of the molecule is CCCOc1ccc(/C=C(/C#N)C(=O)OC)cc1OCC. The summed E-state index contributed by atoms with van der Waals surface area (Å²) in [5, 5.41) is 8.96. The summed E-state index contributed by atoms with van der Waals surface area (Å²) in [4.78, 5) is 11.4. The molecule has 0 fully saturated rings. The maximum Gasteiger partial charge on any atom is 0.348 e. The molecule has 0 saturated carbocycles. The third kappa shape index (κ3) is 4.84. The summed E-state index contributed by atoms with van der Waals surface area (Å²) in [6.45, 7) is 4.99. The zero-order valence-corrected chi connectivity index (χ0v) is 12.5. The Bertz CT molecular complexity index is 558. The summed E-state index contributed by atoms with van der Waals surface area (Å²) in [7, 11) is 1.24. The first-order valence-corrected chi connectivity index (χ1v) is 6.76. The Labute approximate surface area is 124 Å². The monoisotopic (exact) mass is 289 g/mol. The molecule has 5 nitrogen and oxygen atoms in total. The summed E-state index contributed by atoms with van der Waals surface area (Å²) in [6, 6.07) is 7.07. The van der Waals surface area contributed by atoms with Crippen LogP contribution in [0.15, 0.2) is 23.8 Å². The van der Waals surface area contributed by atoms with Gasteiger partial charge in [-0.1, -0.05) is 13.0 Å². The van der Waals surface area contributed by atoms with E-state index >= 15 is 0 Å². The van der Waals surface area contributed by atoms with Crippen molar-refractivity contribution in [2.75, 3.05) is 20.3 Å². The number of benzene rings is 1. The lowest BCUT2D eigenvalue weighted by Crippen LogP contribution is -2.03. The third-order valence-electron chi connectivity index (χ3n) is 2.57. The van der Waals surface area contributed by atoms with Crippen molar-refractivity contribution in [3.8, 4) is 17.6 Å². The molecule has 1 aromatic carbocycles. The molecule has 0 bridgehead atoms. The van der Waals surface area contributed by atoms with E-state index in [1.807, 2.05) is 19.9 Å². The van der Waals surface area contributed by atoms with Crippen molar-refractivity contribution >= 4 is 12.0 Å². The first-order chi connectivity index (χ1) is 10.2. The second-order valence-electron chi connectivity index (χ2n) is 4.15. The van der Waals surface area contributed by atoms with Crippen LogP contribution in [0.25, 0.3) is 6.08 Å². The number of rotatable bonds is 7. The maximum atomic E-state index is 11.4. The van der Waals surface area contributed by atoms with Crippen molar-refractivity contribution in [3.05, 3.63) is 29.3 Å². The maximum absolute atomic E-state index is 11.4. The molecular weight excluding hydrogens is 270 g/mol. The van der Waals surface area contributed by atoms with Gasteiger partial charge in [0.25, 0.3) is 0 Å². The van der Waals surface area contributed by atoms with E-state index in [9.17, 15) is 4.79 Å². The van der Waals surface area contributed by atoms with Crippen LogP contribution in [0.4, 0.5) is 0 Å². The van der Waals surface area contributed by atoms with Crippen molar-refractivity contribution in [3.63, 3.8) is 0 Å². The number of nitrogens with zero attached hydrogens (tertiary/aromatic N) is 1. The van der Waals surface area contributed by atoms with Crippen molar-refractivity contribution in [1.82, 2.24) is 0 Å². The average molecular weight is 289 g/mol. The highest BCUT2D eigenvalue weighted by Crippen LogP contribution is 2.29. The van der Waals surface area contributed by atoms with Crippen LogP contribution in [0.2, 0.25) is 0 Å². The number of hydrogen-bond acceptors (Lipinski definition) is 5. The number of methoxy groups -OCH3 is 1. The minimum Gasteiger partial charge on any atom is -0.490 e. The molecule has 0 heterocycles. The molecule has 0 aliphatic heterocycles. The van der Waals surface area contributed by atoms with Crippen LogP contribution >= 0.6 is 0 Å². The Morgan fingerprint density at radius 1 is 1.29 bits per heavy atom. The van der Waals surface area contributed by atoms with E-state index < -0.39 is 5.97 Å². The smallest absolute Gasteiger partial charge is 0.348 e. The molecule has 1 aromatic rings. The number of hydrogen-bond donors (Lipinski definition) is 0. The second kappa shape index (κ2) is 8.64. The molecular formula is C16H19NO4. The van der Waals surface area contributed by atoms with Crippen LogP contribution in [0, 0.1) is 11.3 Å². The van der Waals surface area contributed by atoms with E-state index in [1.54, 1.807) is 18.2 Å². The molecule has 0 radical (unpaired) electrons. The molecule has 0 N–H and O–H groups in total. The Morgan fingerprint density at radius 3 is 2.62 bits per heavy atom. The number of ether oxygens (including phenoxy) is 3. The highest BCUT2D eigenvalue weighted by molar-refractivity contribution is 5.97. The normalized spacial score (nSPS) is 10.7. The Hall–Kier alpha value is -2.48. The number of esters is 1. The highest BCUT2D eigenvalue weighted by atomic mass is 16.5. The predicted octanol–water partition coefficient (Wildman–Crippen LogP) is 2.95. The topological polar surface area (TPSA) is 68.5 Å². The van der Waals surface area contributed by atoms with Crippen LogP contribution in [0.1, 0.15) is 25.8 Å². The summed E-state index contributed by atoms with van der Waals surface area (Å²) in [5.41, 5.74) is 0.603. The molecule has 0 atom stereocenters. The highest BCUT2D eigenvalue weighted by Gasteiger charge is 2.10. The van der Waals surface area contributed by atoms with E-state index in [-0.39, 0.29) is 5.57 Å². The molecule has 0 aromatic heterocycles. The van der Waals surface area contributed by atoms with E-state index in [1.165, 1.54) is 13.2 Å². The largest absolute Gasteiger partial charge is 0.490 e. The fourth-order valence-corrected chi connectivity index (χ4v) is 1.63. The Morgan fingerprint density at radius 2 is 2.05 bits per heavy atom. The van der Waals surface area contributed by atoms with Crippen LogP contribution in [0.5, 0.6) is 11.5 Å². The van der Waals surface area contributed by atoms with Gasteiger partial charge in [-0.05, 0) is 37.1 Å². The third-order valence-corrected chi connectivity index (χ3v) is 2.57. The summed E-state index contributed by atoms with van der Waals surface area (Å²) in [6.07, 6.45) is 2.35. The quantitative estimate of drug-likeness (QED) is 0.438. The van der Waals surface area contributed by atoms with Crippen LogP contribution in [-0.4, -0.2) is 26.3 Å². The summed E-state index contributed by atoms with van der Waals surface area (Å²) in [5.74, 6) is 0.566. The second-order valence-corrected chi connectivity index (χ2v) is 4.15. The Kier molecular flexibility index (Phi) is 6.82. The van der Waals surface area contributed by atoms with Crippen molar-refractivity contribution in [2.45, 2.75) is 20.3 Å². The van der Waals surface area contributed by atoms with E-state index in [4.69, 9.17) is 14.7 Å². The first kappa shape index (κ1) is 16.6. The van der Waals surface area contributed by atoms with Gasteiger partial charge in [-0.25, -0.2) is 4.79 Å². The number of carbonyl (C=O) groups is 1. The van der Waals surface area contributed by atoms with E-state index in [2.05, 4.69) is 4.74 Å². The van der Waals surface area contributed by atoms with Crippen LogP contribution in [0.3, 0.4) is 0 Å². The average Bonchev–Trinajstić information content (AvgIpc) is 2.51. The number of nitriles is 1. The van der Waals surface area contributed by atoms with Gasteiger partial charge < -0.3 is 14.2 Å². The molecule has 0 spiro atoms. The fourth-order valence-electron chi connectivity index (χ4n) is 1.63. The lowest BCUT2D eigenvalue weighted by molar-refractivity contribution is -0.135. The fraction of sp³-hybridized carbons (Fsp3) is 0.375. The molecule has 0 aliphatic rings. The molecule has 112 valence electrons. The van der Waals surface area contributed by atoms with Crippen molar-refractivity contribution in [2.24, 2.45) is 0 Å². The first-order valence-electron chi connectivity index (χ1n) is 6.76. The standard InChI is InChI=1S/C16H19NO4/c1-4-8-21-14-7-6-12(10-15(14)20-5-2)9-13(11-17)16(18)19-3/h6-7,9-10H,4-5,8H2,1-3H3/b13-9-. The lowest BCUT2D eigenvalue weighted by Gasteiger charge is -2.12. The van der Waals surface area contributed by atoms with Gasteiger partial charge >= 0.3 is 5.97 Å². The van der Waals surface area contributed by atoms with Gasteiger partial charge in [0.1, 0.15) is 11.6 Å². The van der Waals surface area contributed by atoms with Gasteiger partial charge in [-0.2, -0.15) is 5.26 Å². The van der Waals surface area contributed by atoms with Crippen LogP contribution in [-0.2, 0) is 9.53 Å². The molecule has 0 amide bonds. The van der Waals surface area contributed by atoms with Gasteiger partial charge in [-0.3, -0.25) is 0 Å². The van der Waals surface area contributed by atoms with E-state index in [0.717, 1.165) is 6.42 Å². The van der Waals surface area contributed by atoms with Crippen molar-refractivity contribution in [1.29, 1.82) is 5.26 Å². The molecule has 21 heavy (non-hydrogen) atoms.